The summed E-state index contributed by atoms with van der Waals surface area (Å²) >= 11 is 5.74. The van der Waals surface area contributed by atoms with E-state index in [-0.39, 0.29) is 35.7 Å². The predicted molar refractivity (Wildman–Crippen MR) is 92.0 cm³/mol. The quantitative estimate of drug-likeness (QED) is 0.867. The Morgan fingerprint density at radius 2 is 2.12 bits per heavy atom. The van der Waals surface area contributed by atoms with Gasteiger partial charge in [-0.3, -0.25) is 14.4 Å². The van der Waals surface area contributed by atoms with Crippen molar-refractivity contribution in [1.29, 1.82) is 0 Å². The van der Waals surface area contributed by atoms with Gasteiger partial charge < -0.3 is 14.9 Å². The maximum Gasteiger partial charge on any atom is 0.305 e. The number of rotatable bonds is 4. The number of hydrogen-bond donors (Lipinski definition) is 1. The molecule has 0 radical (unpaired) electrons. The zero-order chi connectivity index (χ0) is 19.0. The number of carbonyl (C=O) groups excluding carboxylic acids is 2. The van der Waals surface area contributed by atoms with E-state index in [1.54, 1.807) is 18.0 Å². The zero-order valence-corrected chi connectivity index (χ0v) is 15.1. The second kappa shape index (κ2) is 7.23. The molecular weight excluding hydrogens is 363 g/mol. The van der Waals surface area contributed by atoms with Crippen molar-refractivity contribution >= 4 is 29.4 Å². The third-order valence-corrected chi connectivity index (χ3v) is 5.57. The first-order valence-corrected chi connectivity index (χ1v) is 8.90. The first-order chi connectivity index (χ1) is 12.3. The average molecular weight is 383 g/mol. The molecule has 2 fully saturated rings. The van der Waals surface area contributed by atoms with Crippen LogP contribution in [0.15, 0.2) is 18.2 Å². The molecule has 0 aromatic heterocycles. The fourth-order valence-electron chi connectivity index (χ4n) is 4.00. The van der Waals surface area contributed by atoms with E-state index in [2.05, 4.69) is 0 Å². The summed E-state index contributed by atoms with van der Waals surface area (Å²) in [4.78, 5) is 39.4. The fraction of sp³-hybridized carbons (Fsp3) is 0.500. The molecule has 2 aliphatic heterocycles. The van der Waals surface area contributed by atoms with E-state index in [1.165, 1.54) is 17.0 Å². The predicted octanol–water partition coefficient (Wildman–Crippen LogP) is 2.46. The molecule has 0 bridgehead atoms. The molecule has 2 aliphatic rings. The van der Waals surface area contributed by atoms with E-state index >= 15 is 0 Å². The van der Waals surface area contributed by atoms with Gasteiger partial charge in [-0.2, -0.15) is 0 Å². The van der Waals surface area contributed by atoms with Crippen LogP contribution in [0.4, 0.5) is 4.39 Å². The van der Waals surface area contributed by atoms with Crippen LogP contribution in [0, 0.1) is 11.7 Å². The van der Waals surface area contributed by atoms with E-state index in [0.29, 0.717) is 18.5 Å². The van der Waals surface area contributed by atoms with Gasteiger partial charge >= 0.3 is 5.97 Å². The van der Waals surface area contributed by atoms with Crippen LogP contribution >= 0.6 is 11.6 Å². The van der Waals surface area contributed by atoms with Crippen molar-refractivity contribution in [1.82, 2.24) is 9.80 Å². The monoisotopic (exact) mass is 382 g/mol. The van der Waals surface area contributed by atoms with Crippen LogP contribution < -0.4 is 0 Å². The number of hydrogen-bond acceptors (Lipinski definition) is 3. The van der Waals surface area contributed by atoms with Crippen molar-refractivity contribution in [2.75, 3.05) is 13.6 Å². The number of nitrogens with zero attached hydrogens (tertiary/aromatic N) is 2. The molecule has 2 heterocycles. The van der Waals surface area contributed by atoms with E-state index in [1.807, 2.05) is 0 Å². The normalized spacial score (nSPS) is 25.8. The van der Waals surface area contributed by atoms with Crippen LogP contribution in [0.1, 0.15) is 37.3 Å². The maximum absolute atomic E-state index is 13.9. The first-order valence-electron chi connectivity index (χ1n) is 8.52. The average Bonchev–Trinajstić information content (AvgIpc) is 3.14. The topological polar surface area (TPSA) is 77.9 Å². The van der Waals surface area contributed by atoms with Crippen molar-refractivity contribution in [3.05, 3.63) is 34.6 Å². The number of aliphatic carboxylic acids is 1. The number of amides is 2. The van der Waals surface area contributed by atoms with E-state index in [4.69, 9.17) is 16.7 Å². The summed E-state index contributed by atoms with van der Waals surface area (Å²) in [7, 11) is 1.59. The number of carbonyl (C=O) groups is 3. The smallest absolute Gasteiger partial charge is 0.305 e. The standard InChI is InChI=1S/C18H20ClFN2O4/c1-21-15(23)9-12(17(21)10-4-5-13(19)14(20)7-10)18(26)22-6-2-3-11(22)8-16(24)25/h4-5,7,11-12,17H,2-3,6,8-9H2,1H3,(H,24,25). The number of halogens is 2. The Kier molecular flexibility index (Phi) is 5.18. The zero-order valence-electron chi connectivity index (χ0n) is 14.3. The van der Waals surface area contributed by atoms with Crippen molar-refractivity contribution in [3.63, 3.8) is 0 Å². The third kappa shape index (κ3) is 3.40. The Morgan fingerprint density at radius 1 is 1.38 bits per heavy atom. The van der Waals surface area contributed by atoms with Crippen molar-refractivity contribution in [2.45, 2.75) is 37.8 Å². The molecule has 6 nitrogen and oxygen atoms in total. The lowest BCUT2D eigenvalue weighted by molar-refractivity contribution is -0.141. The minimum absolute atomic E-state index is 0.0235. The molecule has 0 saturated carbocycles. The fourth-order valence-corrected chi connectivity index (χ4v) is 4.11. The lowest BCUT2D eigenvalue weighted by atomic mass is 9.92. The van der Waals surface area contributed by atoms with Crippen LogP contribution in [-0.4, -0.2) is 52.3 Å². The second-order valence-electron chi connectivity index (χ2n) is 6.86. The van der Waals surface area contributed by atoms with Gasteiger partial charge in [-0.05, 0) is 30.5 Å². The van der Waals surface area contributed by atoms with Gasteiger partial charge in [-0.1, -0.05) is 17.7 Å². The van der Waals surface area contributed by atoms with Crippen LogP contribution in [0.3, 0.4) is 0 Å². The molecule has 3 atom stereocenters. The van der Waals surface area contributed by atoms with Crippen molar-refractivity contribution in [3.8, 4) is 0 Å². The van der Waals surface area contributed by atoms with Gasteiger partial charge in [0.15, 0.2) is 0 Å². The summed E-state index contributed by atoms with van der Waals surface area (Å²) < 4.78 is 13.9. The highest BCUT2D eigenvalue weighted by Crippen LogP contribution is 2.40. The second-order valence-corrected chi connectivity index (χ2v) is 7.27. The number of carboxylic acid groups (broad SMARTS) is 1. The minimum atomic E-state index is -0.953. The summed E-state index contributed by atoms with van der Waals surface area (Å²) in [5.41, 5.74) is 0.507. The molecule has 1 aromatic rings. The van der Waals surface area contributed by atoms with E-state index in [0.717, 1.165) is 6.42 Å². The number of carboxylic acids is 1. The highest BCUT2D eigenvalue weighted by Gasteiger charge is 2.46. The third-order valence-electron chi connectivity index (χ3n) is 5.26. The lowest BCUT2D eigenvalue weighted by Gasteiger charge is -2.30. The Labute approximate surface area is 155 Å². The molecule has 2 saturated heterocycles. The van der Waals surface area contributed by atoms with E-state index in [9.17, 15) is 18.8 Å². The van der Waals surface area contributed by atoms with E-state index < -0.39 is 23.7 Å². The molecule has 1 N–H and O–H groups in total. The van der Waals surface area contributed by atoms with Gasteiger partial charge in [0, 0.05) is 26.1 Å². The van der Waals surface area contributed by atoms with Gasteiger partial charge in [0.2, 0.25) is 11.8 Å². The molecule has 0 aliphatic carbocycles. The Morgan fingerprint density at radius 3 is 2.77 bits per heavy atom. The summed E-state index contributed by atoms with van der Waals surface area (Å²) in [6.07, 6.45) is 1.29. The molecule has 3 unspecified atom stereocenters. The summed E-state index contributed by atoms with van der Waals surface area (Å²) in [6.45, 7) is 0.479. The van der Waals surface area contributed by atoms with Crippen LogP contribution in [0.2, 0.25) is 5.02 Å². The molecular formula is C18H20ClFN2O4. The van der Waals surface area contributed by atoms with Crippen LogP contribution in [0.5, 0.6) is 0 Å². The summed E-state index contributed by atoms with van der Waals surface area (Å²) in [6, 6.07) is 3.33. The molecule has 2 amide bonds. The maximum atomic E-state index is 13.9. The Balaban J connectivity index is 1.89. The Bertz CT molecular complexity index is 757. The number of benzene rings is 1. The Hall–Kier alpha value is -2.15. The summed E-state index contributed by atoms with van der Waals surface area (Å²) in [5.74, 6) is -2.66. The molecule has 8 heteroatoms. The van der Waals surface area contributed by atoms with Gasteiger partial charge in [-0.25, -0.2) is 4.39 Å². The SMILES string of the molecule is CN1C(=O)CC(C(=O)N2CCCC2CC(=O)O)C1c1ccc(Cl)c(F)c1. The highest BCUT2D eigenvalue weighted by molar-refractivity contribution is 6.30. The molecule has 26 heavy (non-hydrogen) atoms. The highest BCUT2D eigenvalue weighted by atomic mass is 35.5. The van der Waals surface area contributed by atoms with Crippen molar-refractivity contribution in [2.24, 2.45) is 5.92 Å². The molecule has 3 rings (SSSR count). The largest absolute Gasteiger partial charge is 0.481 e. The van der Waals surface area contributed by atoms with Gasteiger partial charge in [0.25, 0.3) is 0 Å². The minimum Gasteiger partial charge on any atom is -0.481 e. The molecule has 0 spiro atoms. The van der Waals surface area contributed by atoms with Crippen LogP contribution in [-0.2, 0) is 14.4 Å². The lowest BCUT2D eigenvalue weighted by Crippen LogP contribution is -2.42. The van der Waals surface area contributed by atoms with Crippen LogP contribution in [0.25, 0.3) is 0 Å². The summed E-state index contributed by atoms with van der Waals surface area (Å²) in [5, 5.41) is 9.03. The molecule has 140 valence electrons. The van der Waals surface area contributed by atoms with Gasteiger partial charge in [0.1, 0.15) is 5.82 Å². The first kappa shape index (κ1) is 18.6. The van der Waals surface area contributed by atoms with Crippen molar-refractivity contribution < 1.29 is 23.9 Å². The molecule has 1 aromatic carbocycles. The van der Waals surface area contributed by atoms with Gasteiger partial charge in [0.05, 0.1) is 23.4 Å². The van der Waals surface area contributed by atoms with Gasteiger partial charge in [-0.15, -0.1) is 0 Å². The number of likely N-dealkylation sites (tertiary alicyclic amines) is 2.